The number of amides is 1. The summed E-state index contributed by atoms with van der Waals surface area (Å²) in [5.41, 5.74) is 0.464. The first kappa shape index (κ1) is 30.7. The Hall–Kier alpha value is -3.75. The highest BCUT2D eigenvalue weighted by molar-refractivity contribution is 5.96. The highest BCUT2D eigenvalue weighted by atomic mass is 16.6. The summed E-state index contributed by atoms with van der Waals surface area (Å²) in [5, 5.41) is 48.7. The molecule has 1 aromatic carbocycles. The quantitative estimate of drug-likeness (QED) is 0.200. The Morgan fingerprint density at radius 3 is 2.65 bits per heavy atom. The number of nitrogens with one attached hydrogen (secondary N) is 1. The van der Waals surface area contributed by atoms with Gasteiger partial charge >= 0.3 is 5.97 Å². The SMILES string of the molecule is C#C[C@]1(O)CC[C@H]2[C@@H]3CCC4=C/C(=N\OCC(=O)N[C@@H](C(=O)O)[C@@H](O)c5cccc([N+](=O)[O-])c5)CC[C@]4(C)[C@H]3CC[C@@]21C. The van der Waals surface area contributed by atoms with Gasteiger partial charge in [-0.05, 0) is 86.2 Å². The molecule has 0 spiro atoms. The van der Waals surface area contributed by atoms with E-state index in [0.717, 1.165) is 44.6 Å². The number of hydrogen-bond acceptors (Lipinski definition) is 8. The number of nitro groups is 1. The lowest BCUT2D eigenvalue weighted by atomic mass is 9.46. The summed E-state index contributed by atoms with van der Waals surface area (Å²) in [5.74, 6) is 1.85. The van der Waals surface area contributed by atoms with Crippen LogP contribution in [0.4, 0.5) is 5.69 Å². The first-order chi connectivity index (χ1) is 20.3. The summed E-state index contributed by atoms with van der Waals surface area (Å²) in [7, 11) is 0. The van der Waals surface area contributed by atoms with Gasteiger partial charge in [-0.2, -0.15) is 0 Å². The van der Waals surface area contributed by atoms with Gasteiger partial charge in [0.15, 0.2) is 12.6 Å². The Morgan fingerprint density at radius 2 is 1.95 bits per heavy atom. The zero-order chi connectivity index (χ0) is 31.2. The number of carboxylic acid groups (broad SMARTS) is 1. The average molecular weight is 594 g/mol. The molecule has 1 amide bonds. The Kier molecular flexibility index (Phi) is 8.13. The van der Waals surface area contributed by atoms with E-state index in [1.54, 1.807) is 0 Å². The number of nitro benzene ring substituents is 1. The Morgan fingerprint density at radius 1 is 1.21 bits per heavy atom. The van der Waals surface area contributed by atoms with Gasteiger partial charge in [0.25, 0.3) is 11.6 Å². The molecule has 230 valence electrons. The number of benzene rings is 1. The van der Waals surface area contributed by atoms with Gasteiger partial charge < -0.3 is 25.5 Å². The molecule has 8 atom stereocenters. The van der Waals surface area contributed by atoms with E-state index in [1.807, 2.05) is 0 Å². The number of allylic oxidation sites excluding steroid dienone is 2. The lowest BCUT2D eigenvalue weighted by Gasteiger charge is -2.58. The molecule has 4 aliphatic rings. The highest BCUT2D eigenvalue weighted by Gasteiger charge is 2.63. The first-order valence-corrected chi connectivity index (χ1v) is 14.9. The summed E-state index contributed by atoms with van der Waals surface area (Å²) >= 11 is 0. The minimum Gasteiger partial charge on any atom is -0.480 e. The number of nitrogens with zero attached hydrogens (tertiary/aromatic N) is 2. The van der Waals surface area contributed by atoms with Gasteiger partial charge in [-0.15, -0.1) is 6.42 Å². The van der Waals surface area contributed by atoms with Crippen molar-refractivity contribution in [1.82, 2.24) is 5.32 Å². The van der Waals surface area contributed by atoms with Crippen molar-refractivity contribution in [2.45, 2.75) is 83.0 Å². The molecular weight excluding hydrogens is 554 g/mol. The minimum atomic E-state index is -1.74. The van der Waals surface area contributed by atoms with Crippen molar-refractivity contribution in [3.8, 4) is 12.3 Å². The fraction of sp³-hybridized carbons (Fsp3) is 0.594. The van der Waals surface area contributed by atoms with Crippen molar-refractivity contribution in [2.75, 3.05) is 6.61 Å². The second-order valence-corrected chi connectivity index (χ2v) is 13.0. The van der Waals surface area contributed by atoms with E-state index in [9.17, 15) is 35.0 Å². The normalized spacial score (nSPS) is 35.3. The Balaban J connectivity index is 1.21. The molecule has 0 saturated heterocycles. The molecule has 0 bridgehead atoms. The van der Waals surface area contributed by atoms with Gasteiger partial charge in [-0.25, -0.2) is 4.79 Å². The van der Waals surface area contributed by atoms with Crippen molar-refractivity contribution >= 4 is 23.3 Å². The molecule has 5 rings (SSSR count). The van der Waals surface area contributed by atoms with Crippen LogP contribution in [0.25, 0.3) is 0 Å². The number of oxime groups is 1. The molecule has 0 radical (unpaired) electrons. The van der Waals surface area contributed by atoms with Crippen LogP contribution in [0.15, 0.2) is 41.1 Å². The van der Waals surface area contributed by atoms with E-state index in [1.165, 1.54) is 23.8 Å². The number of aliphatic carboxylic acids is 1. The van der Waals surface area contributed by atoms with E-state index < -0.39 is 41.2 Å². The van der Waals surface area contributed by atoms with Crippen molar-refractivity contribution in [3.63, 3.8) is 0 Å². The maximum Gasteiger partial charge on any atom is 0.329 e. The van der Waals surface area contributed by atoms with E-state index >= 15 is 0 Å². The van der Waals surface area contributed by atoms with Gasteiger partial charge in [-0.3, -0.25) is 14.9 Å². The van der Waals surface area contributed by atoms with Gasteiger partial charge in [0.2, 0.25) is 0 Å². The summed E-state index contributed by atoms with van der Waals surface area (Å²) in [6.07, 6.45) is 13.2. The van der Waals surface area contributed by atoms with Crippen molar-refractivity contribution < 1.29 is 34.7 Å². The molecule has 1 aromatic rings. The van der Waals surface area contributed by atoms with Crippen molar-refractivity contribution in [2.24, 2.45) is 33.7 Å². The lowest BCUT2D eigenvalue weighted by molar-refractivity contribution is -0.385. The average Bonchev–Trinajstić information content (AvgIpc) is 3.26. The van der Waals surface area contributed by atoms with Crippen LogP contribution in [-0.2, 0) is 14.4 Å². The number of carbonyl (C=O) groups excluding carboxylic acids is 1. The molecule has 3 fully saturated rings. The first-order valence-electron chi connectivity index (χ1n) is 14.9. The third kappa shape index (κ3) is 5.31. The molecule has 0 unspecified atom stereocenters. The number of terminal acetylenes is 1. The van der Waals surface area contributed by atoms with Gasteiger partial charge in [0, 0.05) is 17.5 Å². The highest BCUT2D eigenvalue weighted by Crippen LogP contribution is 2.67. The number of rotatable bonds is 8. The van der Waals surface area contributed by atoms with Crippen LogP contribution in [-0.4, -0.2) is 56.1 Å². The molecule has 4 N–H and O–H groups in total. The Labute approximate surface area is 250 Å². The van der Waals surface area contributed by atoms with Crippen LogP contribution >= 0.6 is 0 Å². The summed E-state index contributed by atoms with van der Waals surface area (Å²) in [6, 6.07) is 3.20. The summed E-state index contributed by atoms with van der Waals surface area (Å²) < 4.78 is 0. The molecule has 3 saturated carbocycles. The summed E-state index contributed by atoms with van der Waals surface area (Å²) in [6.45, 7) is 3.96. The fourth-order valence-electron chi connectivity index (χ4n) is 8.58. The van der Waals surface area contributed by atoms with Gasteiger partial charge in [0.1, 0.15) is 11.7 Å². The topological polar surface area (TPSA) is 172 Å². The second-order valence-electron chi connectivity index (χ2n) is 13.0. The zero-order valence-electron chi connectivity index (χ0n) is 24.5. The zero-order valence-corrected chi connectivity index (χ0v) is 24.5. The summed E-state index contributed by atoms with van der Waals surface area (Å²) in [4.78, 5) is 39.9. The number of aliphatic hydroxyl groups excluding tert-OH is 1. The molecular formula is C32H39N3O8. The molecule has 11 nitrogen and oxygen atoms in total. The fourth-order valence-corrected chi connectivity index (χ4v) is 8.58. The van der Waals surface area contributed by atoms with Crippen LogP contribution < -0.4 is 5.32 Å². The van der Waals surface area contributed by atoms with Crippen LogP contribution in [0.3, 0.4) is 0 Å². The lowest BCUT2D eigenvalue weighted by Crippen LogP contribution is -2.54. The molecule has 0 aliphatic heterocycles. The number of non-ortho nitro benzene ring substituents is 1. The number of carbonyl (C=O) groups is 2. The monoisotopic (exact) mass is 593 g/mol. The van der Waals surface area contributed by atoms with Crippen LogP contribution in [0.1, 0.15) is 76.9 Å². The molecule has 4 aliphatic carbocycles. The molecule has 0 heterocycles. The molecule has 11 heteroatoms. The predicted octanol–water partition coefficient (Wildman–Crippen LogP) is 3.90. The Bertz CT molecular complexity index is 1420. The van der Waals surface area contributed by atoms with Crippen molar-refractivity contribution in [1.29, 1.82) is 0 Å². The number of hydrogen-bond donors (Lipinski definition) is 4. The largest absolute Gasteiger partial charge is 0.480 e. The van der Waals surface area contributed by atoms with Gasteiger partial charge in [0.05, 0.1) is 10.6 Å². The smallest absolute Gasteiger partial charge is 0.329 e. The third-order valence-corrected chi connectivity index (χ3v) is 11.1. The standard InChI is InChI=1S/C32H39N3O8/c1-4-32(40)15-12-25-23-9-8-20-17-21(10-13-30(20,2)24(23)11-14-31(25,32)3)34-43-18-26(36)33-27(29(38)39)28(37)19-6-5-7-22(16-19)35(41)42/h1,5-7,16-17,23-25,27-28,37,40H,8-15,18H2,2-3H3,(H,33,36)(H,38,39)/b34-21-/t23-,24+,25+,27-,28+,30+,31+,32+/m1/s1. The van der Waals surface area contributed by atoms with E-state index in [-0.39, 0.29) is 22.1 Å². The van der Waals surface area contributed by atoms with Gasteiger partial charge in [-0.1, -0.05) is 42.6 Å². The van der Waals surface area contributed by atoms with Crippen LogP contribution in [0.2, 0.25) is 0 Å². The second kappa shape index (κ2) is 11.4. The maximum absolute atomic E-state index is 12.5. The van der Waals surface area contributed by atoms with Crippen LogP contribution in [0.5, 0.6) is 0 Å². The van der Waals surface area contributed by atoms with E-state index in [4.69, 9.17) is 11.3 Å². The number of fused-ring (bicyclic) bond motifs is 5. The van der Waals surface area contributed by atoms with Crippen LogP contribution in [0, 0.1) is 51.0 Å². The molecule has 43 heavy (non-hydrogen) atoms. The number of carboxylic acids is 1. The third-order valence-electron chi connectivity index (χ3n) is 11.1. The van der Waals surface area contributed by atoms with Crippen molar-refractivity contribution in [3.05, 3.63) is 51.6 Å². The molecule has 0 aromatic heterocycles. The van der Waals surface area contributed by atoms with E-state index in [2.05, 4.69) is 36.3 Å². The number of aliphatic hydroxyl groups is 2. The minimum absolute atomic E-state index is 0.0167. The maximum atomic E-state index is 12.5. The van der Waals surface area contributed by atoms with E-state index in [0.29, 0.717) is 36.3 Å². The predicted molar refractivity (Wildman–Crippen MR) is 156 cm³/mol.